The van der Waals surface area contributed by atoms with Gasteiger partial charge < -0.3 is 0 Å². The van der Waals surface area contributed by atoms with E-state index in [1.54, 1.807) is 18.1 Å². The first-order valence-corrected chi connectivity index (χ1v) is 9.18. The minimum absolute atomic E-state index is 0.422. The summed E-state index contributed by atoms with van der Waals surface area (Å²) >= 11 is 7.39. The van der Waals surface area contributed by atoms with Gasteiger partial charge >= 0.3 is 0 Å². The SMILES string of the molecule is CC1[C@@H](C)CC=C2C[C@@H](SC(=S)n3ccnc3)CC[C@@]21C. The van der Waals surface area contributed by atoms with Crippen LogP contribution in [0.25, 0.3) is 0 Å². The molecule has 1 aromatic rings. The summed E-state index contributed by atoms with van der Waals surface area (Å²) in [6.07, 6.45) is 13.1. The monoisotopic (exact) mass is 320 g/mol. The van der Waals surface area contributed by atoms with Crippen molar-refractivity contribution < 1.29 is 0 Å². The average Bonchev–Trinajstić information content (AvgIpc) is 2.99. The van der Waals surface area contributed by atoms with E-state index in [0.29, 0.717) is 10.7 Å². The van der Waals surface area contributed by atoms with Crippen LogP contribution in [-0.2, 0) is 0 Å². The van der Waals surface area contributed by atoms with Crippen molar-refractivity contribution in [3.8, 4) is 0 Å². The van der Waals surface area contributed by atoms with E-state index in [0.717, 1.165) is 16.2 Å². The number of nitrogens with zero attached hydrogens (tertiary/aromatic N) is 2. The van der Waals surface area contributed by atoms with Crippen LogP contribution in [0.1, 0.15) is 46.5 Å². The second-order valence-electron chi connectivity index (χ2n) is 6.87. The van der Waals surface area contributed by atoms with Crippen LogP contribution in [0, 0.1) is 17.3 Å². The normalized spacial score (nSPS) is 36.0. The van der Waals surface area contributed by atoms with Crippen LogP contribution in [0.2, 0.25) is 0 Å². The van der Waals surface area contributed by atoms with E-state index in [-0.39, 0.29) is 0 Å². The number of hydrogen-bond donors (Lipinski definition) is 0. The molecule has 2 aliphatic carbocycles. The number of hydrogen-bond acceptors (Lipinski definition) is 3. The number of fused-ring (bicyclic) bond motifs is 1. The van der Waals surface area contributed by atoms with Gasteiger partial charge in [0.2, 0.25) is 0 Å². The second-order valence-corrected chi connectivity index (χ2v) is 8.80. The van der Waals surface area contributed by atoms with Gasteiger partial charge in [-0.1, -0.05) is 56.4 Å². The minimum atomic E-state index is 0.422. The van der Waals surface area contributed by atoms with Gasteiger partial charge in [-0.2, -0.15) is 0 Å². The Hall–Kier alpha value is -0.610. The van der Waals surface area contributed by atoms with E-state index in [1.807, 2.05) is 22.5 Å². The molecule has 0 saturated heterocycles. The summed E-state index contributed by atoms with van der Waals surface area (Å²) in [5.41, 5.74) is 2.11. The molecule has 2 aliphatic rings. The van der Waals surface area contributed by atoms with Gasteiger partial charge in [0.1, 0.15) is 10.6 Å². The number of rotatable bonds is 1. The third kappa shape index (κ3) is 2.85. The Morgan fingerprint density at radius 1 is 1.48 bits per heavy atom. The first-order chi connectivity index (χ1) is 10.0. The standard InChI is InChI=1S/C17H24N2S2/c1-12-4-5-14-10-15(6-7-17(14,3)13(12)2)21-16(20)19-9-8-18-11-19/h5,8-9,11-13,15H,4,6-7,10H2,1-3H3/t12-,13?,15-,17+/m0/s1. The van der Waals surface area contributed by atoms with Crippen LogP contribution in [-0.4, -0.2) is 19.1 Å². The summed E-state index contributed by atoms with van der Waals surface area (Å²) in [5, 5.41) is 0.625. The maximum atomic E-state index is 5.54. The largest absolute Gasteiger partial charge is 0.291 e. The molecule has 0 aliphatic heterocycles. The van der Waals surface area contributed by atoms with Crippen molar-refractivity contribution in [1.29, 1.82) is 0 Å². The van der Waals surface area contributed by atoms with Gasteiger partial charge in [0.25, 0.3) is 0 Å². The lowest BCUT2D eigenvalue weighted by molar-refractivity contribution is 0.134. The molecule has 1 heterocycles. The van der Waals surface area contributed by atoms with E-state index in [9.17, 15) is 0 Å². The molecule has 0 spiro atoms. The Bertz CT molecular complexity index is 549. The summed E-state index contributed by atoms with van der Waals surface area (Å²) in [4.78, 5) is 4.08. The maximum absolute atomic E-state index is 5.54. The molecule has 21 heavy (non-hydrogen) atoms. The highest BCUT2D eigenvalue weighted by atomic mass is 32.2. The highest BCUT2D eigenvalue weighted by Gasteiger charge is 2.43. The molecule has 0 bridgehead atoms. The van der Waals surface area contributed by atoms with Gasteiger partial charge in [0.15, 0.2) is 0 Å². The summed E-state index contributed by atoms with van der Waals surface area (Å²) in [7, 11) is 0. The lowest BCUT2D eigenvalue weighted by Crippen LogP contribution is -2.39. The van der Waals surface area contributed by atoms with Crippen molar-refractivity contribution in [3.05, 3.63) is 30.4 Å². The van der Waals surface area contributed by atoms with Crippen LogP contribution >= 0.6 is 24.0 Å². The molecule has 0 N–H and O–H groups in total. The van der Waals surface area contributed by atoms with Crippen LogP contribution < -0.4 is 0 Å². The smallest absolute Gasteiger partial charge is 0.145 e. The maximum Gasteiger partial charge on any atom is 0.145 e. The van der Waals surface area contributed by atoms with Crippen molar-refractivity contribution in [2.24, 2.45) is 17.3 Å². The quantitative estimate of drug-likeness (QED) is 0.541. The molecule has 4 heteroatoms. The molecule has 1 unspecified atom stereocenters. The van der Waals surface area contributed by atoms with Gasteiger partial charge in [-0.15, -0.1) is 0 Å². The first kappa shape index (κ1) is 15.3. The van der Waals surface area contributed by atoms with Gasteiger partial charge in [-0.25, -0.2) is 4.98 Å². The van der Waals surface area contributed by atoms with Crippen LogP contribution in [0.3, 0.4) is 0 Å². The first-order valence-electron chi connectivity index (χ1n) is 7.89. The van der Waals surface area contributed by atoms with E-state index in [4.69, 9.17) is 12.2 Å². The predicted octanol–water partition coefficient (Wildman–Crippen LogP) is 4.91. The van der Waals surface area contributed by atoms with Crippen molar-refractivity contribution in [2.75, 3.05) is 0 Å². The molecule has 0 aromatic carbocycles. The van der Waals surface area contributed by atoms with Gasteiger partial charge in [0.05, 0.1) is 0 Å². The van der Waals surface area contributed by atoms with Crippen molar-refractivity contribution >= 4 is 28.3 Å². The molecule has 1 saturated carbocycles. The zero-order valence-corrected chi connectivity index (χ0v) is 14.7. The van der Waals surface area contributed by atoms with Crippen molar-refractivity contribution in [2.45, 2.75) is 51.7 Å². The number of imidazole rings is 1. The summed E-state index contributed by atoms with van der Waals surface area (Å²) < 4.78 is 2.88. The van der Waals surface area contributed by atoms with Gasteiger partial charge in [-0.05, 0) is 42.9 Å². The fourth-order valence-electron chi connectivity index (χ4n) is 3.87. The van der Waals surface area contributed by atoms with E-state index < -0.39 is 0 Å². The number of thiocarbonyl (C=S) groups is 1. The lowest BCUT2D eigenvalue weighted by atomic mass is 9.58. The second kappa shape index (κ2) is 5.88. The molecule has 1 aromatic heterocycles. The van der Waals surface area contributed by atoms with Crippen molar-refractivity contribution in [3.63, 3.8) is 0 Å². The van der Waals surface area contributed by atoms with Gasteiger partial charge in [0, 0.05) is 17.6 Å². The Labute approximate surface area is 137 Å². The third-order valence-electron chi connectivity index (χ3n) is 5.74. The van der Waals surface area contributed by atoms with E-state index >= 15 is 0 Å². The average molecular weight is 321 g/mol. The molecular weight excluding hydrogens is 296 g/mol. The molecule has 4 atom stereocenters. The number of thioether (sulfide) groups is 1. The molecular formula is C17H24N2S2. The van der Waals surface area contributed by atoms with Crippen LogP contribution in [0.5, 0.6) is 0 Å². The van der Waals surface area contributed by atoms with Crippen LogP contribution in [0.4, 0.5) is 0 Å². The molecule has 3 rings (SSSR count). The van der Waals surface area contributed by atoms with E-state index in [2.05, 4.69) is 31.8 Å². The number of allylic oxidation sites excluding steroid dienone is 2. The topological polar surface area (TPSA) is 17.8 Å². The summed E-state index contributed by atoms with van der Waals surface area (Å²) in [6.45, 7) is 7.33. The molecule has 1 fully saturated rings. The highest BCUT2D eigenvalue weighted by molar-refractivity contribution is 8.23. The Morgan fingerprint density at radius 3 is 3.00 bits per heavy atom. The van der Waals surface area contributed by atoms with Gasteiger partial charge in [-0.3, -0.25) is 4.57 Å². The molecule has 0 radical (unpaired) electrons. The van der Waals surface area contributed by atoms with E-state index in [1.165, 1.54) is 25.7 Å². The van der Waals surface area contributed by atoms with Crippen molar-refractivity contribution in [1.82, 2.24) is 9.55 Å². The summed E-state index contributed by atoms with van der Waals surface area (Å²) in [5.74, 6) is 1.61. The molecule has 114 valence electrons. The Balaban J connectivity index is 1.69. The fraction of sp³-hybridized carbons (Fsp3) is 0.647. The zero-order valence-electron chi connectivity index (χ0n) is 13.1. The summed E-state index contributed by atoms with van der Waals surface area (Å²) in [6, 6.07) is 0. The third-order valence-corrected chi connectivity index (χ3v) is 7.39. The minimum Gasteiger partial charge on any atom is -0.291 e. The van der Waals surface area contributed by atoms with Crippen LogP contribution in [0.15, 0.2) is 30.4 Å². The zero-order chi connectivity index (χ0) is 15.0. The fourth-order valence-corrected chi connectivity index (χ4v) is 5.40. The lowest BCUT2D eigenvalue weighted by Gasteiger charge is -2.49. The Morgan fingerprint density at radius 2 is 2.29 bits per heavy atom. The Kier molecular flexibility index (Phi) is 4.28. The molecule has 0 amide bonds. The highest BCUT2D eigenvalue weighted by Crippen LogP contribution is 2.53. The number of aromatic nitrogens is 2. The molecule has 2 nitrogen and oxygen atoms in total. The predicted molar refractivity (Wildman–Crippen MR) is 94.6 cm³/mol.